The molecule has 0 radical (unpaired) electrons. The Morgan fingerprint density at radius 1 is 1.32 bits per heavy atom. The van der Waals surface area contributed by atoms with Crippen LogP contribution in [-0.2, 0) is 13.6 Å². The molecular weight excluding hydrogens is 365 g/mol. The largest absolute Gasteiger partial charge is 0.368 e. The molecule has 0 bridgehead atoms. The number of rotatable bonds is 8. The van der Waals surface area contributed by atoms with Crippen molar-refractivity contribution >= 4 is 29.2 Å². The minimum Gasteiger partial charge on any atom is -0.368 e. The first kappa shape index (κ1) is 17.5. The molecule has 0 fully saturated rings. The van der Waals surface area contributed by atoms with Crippen LogP contribution in [0.4, 0.5) is 5.69 Å². The molecule has 0 heterocycles. The summed E-state index contributed by atoms with van der Waals surface area (Å²) in [5.74, 6) is -0.489. The number of halogens is 1. The highest BCUT2D eigenvalue weighted by Crippen LogP contribution is 2.56. The molecule has 2 rings (SSSR count). The van der Waals surface area contributed by atoms with Gasteiger partial charge in [-0.2, -0.15) is 0 Å². The van der Waals surface area contributed by atoms with Gasteiger partial charge >= 0.3 is 7.60 Å². The number of benzene rings is 1. The van der Waals surface area contributed by atoms with Crippen LogP contribution in [0.3, 0.4) is 0 Å². The van der Waals surface area contributed by atoms with Crippen molar-refractivity contribution < 1.29 is 13.6 Å². The predicted octanol–water partition coefficient (Wildman–Crippen LogP) is 5.34. The molecule has 0 saturated carbocycles. The van der Waals surface area contributed by atoms with Gasteiger partial charge in [-0.3, -0.25) is 4.57 Å². The number of allylic oxidation sites excluding steroid dienone is 3. The summed E-state index contributed by atoms with van der Waals surface area (Å²) >= 11 is 3.45. The topological polar surface area (TPSA) is 47.6 Å². The van der Waals surface area contributed by atoms with E-state index in [0.29, 0.717) is 13.2 Å². The highest BCUT2D eigenvalue weighted by atomic mass is 79.9. The molecule has 0 spiro atoms. The smallest absolute Gasteiger partial charge is 0.356 e. The normalized spacial score (nSPS) is 15.7. The van der Waals surface area contributed by atoms with Crippen LogP contribution < -0.4 is 5.32 Å². The van der Waals surface area contributed by atoms with E-state index in [1.165, 1.54) is 0 Å². The van der Waals surface area contributed by atoms with E-state index in [2.05, 4.69) is 21.2 Å². The van der Waals surface area contributed by atoms with Crippen LogP contribution in [0.25, 0.3) is 0 Å². The quantitative estimate of drug-likeness (QED) is 0.613. The molecule has 1 atom stereocenters. The van der Waals surface area contributed by atoms with Gasteiger partial charge in [-0.15, -0.1) is 0 Å². The van der Waals surface area contributed by atoms with Gasteiger partial charge < -0.3 is 14.4 Å². The van der Waals surface area contributed by atoms with Crippen molar-refractivity contribution in [2.75, 3.05) is 18.5 Å². The van der Waals surface area contributed by atoms with Crippen LogP contribution in [-0.4, -0.2) is 19.0 Å². The zero-order valence-electron chi connectivity index (χ0n) is 12.8. The van der Waals surface area contributed by atoms with Crippen LogP contribution in [0.2, 0.25) is 0 Å². The van der Waals surface area contributed by atoms with Crippen LogP contribution in [0, 0.1) is 0 Å². The van der Waals surface area contributed by atoms with Gasteiger partial charge in [0.15, 0.2) is 5.78 Å². The number of nitrogens with one attached hydrogen (secondary N) is 1. The van der Waals surface area contributed by atoms with Gasteiger partial charge in [0, 0.05) is 10.2 Å². The first-order valence-electron chi connectivity index (χ1n) is 7.35. The molecule has 120 valence electrons. The highest BCUT2D eigenvalue weighted by Gasteiger charge is 2.38. The van der Waals surface area contributed by atoms with Crippen molar-refractivity contribution in [3.63, 3.8) is 0 Å². The van der Waals surface area contributed by atoms with Crippen molar-refractivity contribution in [1.29, 1.82) is 0 Å². The molecule has 1 aliphatic carbocycles. The lowest BCUT2D eigenvalue weighted by atomic mass is 10.2. The zero-order chi connectivity index (χ0) is 16.0. The molecule has 22 heavy (non-hydrogen) atoms. The van der Waals surface area contributed by atoms with Gasteiger partial charge in [0.05, 0.1) is 13.2 Å². The van der Waals surface area contributed by atoms with Crippen molar-refractivity contribution in [2.45, 2.75) is 26.1 Å². The summed E-state index contributed by atoms with van der Waals surface area (Å²) < 4.78 is 25.2. The molecule has 0 amide bonds. The molecular formula is C16H21BrNO3P. The Morgan fingerprint density at radius 3 is 2.59 bits per heavy atom. The molecule has 0 aliphatic heterocycles. The fraction of sp³-hybridized carbons (Fsp3) is 0.375. The van der Waals surface area contributed by atoms with Crippen molar-refractivity contribution in [2.24, 2.45) is 0 Å². The molecule has 1 aromatic carbocycles. The van der Waals surface area contributed by atoms with E-state index in [1.807, 2.05) is 56.3 Å². The van der Waals surface area contributed by atoms with Gasteiger partial charge in [0.1, 0.15) is 0 Å². The molecule has 1 N–H and O–H groups in total. The number of hydrogen-bond donors (Lipinski definition) is 1. The van der Waals surface area contributed by atoms with Crippen LogP contribution in [0.15, 0.2) is 52.5 Å². The van der Waals surface area contributed by atoms with E-state index in [0.717, 1.165) is 22.2 Å². The lowest BCUT2D eigenvalue weighted by Gasteiger charge is -2.29. The maximum absolute atomic E-state index is 13.2. The maximum Gasteiger partial charge on any atom is 0.356 e. The first-order chi connectivity index (χ1) is 10.6. The molecule has 1 unspecified atom stereocenters. The standard InChI is InChI=1S/C16H21BrNO3P/c1-3-20-22(19,21-4-2)16(13-8-5-6-9-13)18-15-11-7-10-14(17)12-15/h5-8,10-12,16,18H,3-4,9H2,1-2H3. The fourth-order valence-corrected chi connectivity index (χ4v) is 4.72. The third-order valence-corrected chi connectivity index (χ3v) is 6.04. The van der Waals surface area contributed by atoms with Crippen LogP contribution >= 0.6 is 23.5 Å². The summed E-state index contributed by atoms with van der Waals surface area (Å²) in [7, 11) is -3.29. The van der Waals surface area contributed by atoms with Crippen molar-refractivity contribution in [3.05, 3.63) is 52.5 Å². The monoisotopic (exact) mass is 385 g/mol. The average molecular weight is 386 g/mol. The Labute approximate surface area is 140 Å². The third-order valence-electron chi connectivity index (χ3n) is 3.21. The first-order valence-corrected chi connectivity index (χ1v) is 9.76. The predicted molar refractivity (Wildman–Crippen MR) is 94.3 cm³/mol. The van der Waals surface area contributed by atoms with Crippen molar-refractivity contribution in [1.82, 2.24) is 0 Å². The summed E-state index contributed by atoms with van der Waals surface area (Å²) in [4.78, 5) is 0. The summed E-state index contributed by atoms with van der Waals surface area (Å²) in [6, 6.07) is 7.75. The Bertz CT molecular complexity index is 605. The van der Waals surface area contributed by atoms with E-state index in [4.69, 9.17) is 9.05 Å². The number of hydrogen-bond acceptors (Lipinski definition) is 4. The summed E-state index contributed by atoms with van der Waals surface area (Å²) in [6.45, 7) is 4.33. The van der Waals surface area contributed by atoms with Gasteiger partial charge in [0.2, 0.25) is 0 Å². The van der Waals surface area contributed by atoms with E-state index in [1.54, 1.807) is 0 Å². The maximum atomic E-state index is 13.2. The molecule has 4 nitrogen and oxygen atoms in total. The molecule has 0 saturated heterocycles. The second-order valence-electron chi connectivity index (χ2n) is 4.81. The fourth-order valence-electron chi connectivity index (χ4n) is 2.32. The minimum absolute atomic E-state index is 0.342. The zero-order valence-corrected chi connectivity index (χ0v) is 15.3. The summed E-state index contributed by atoms with van der Waals surface area (Å²) in [5, 5.41) is 3.32. The Hall–Kier alpha value is -0.870. The Morgan fingerprint density at radius 2 is 2.05 bits per heavy atom. The van der Waals surface area contributed by atoms with E-state index >= 15 is 0 Å². The van der Waals surface area contributed by atoms with Crippen LogP contribution in [0.1, 0.15) is 20.3 Å². The van der Waals surface area contributed by atoms with E-state index < -0.39 is 13.4 Å². The second kappa shape index (κ2) is 8.11. The van der Waals surface area contributed by atoms with Gasteiger partial charge in [-0.25, -0.2) is 0 Å². The minimum atomic E-state index is -3.29. The second-order valence-corrected chi connectivity index (χ2v) is 7.83. The summed E-state index contributed by atoms with van der Waals surface area (Å²) in [6.07, 6.45) is 6.72. The SMILES string of the molecule is CCOP(=O)(OCC)C(Nc1cccc(Br)c1)C1=CC=CC1. The molecule has 0 aromatic heterocycles. The van der Waals surface area contributed by atoms with Gasteiger partial charge in [-0.05, 0) is 44.0 Å². The Balaban J connectivity index is 2.31. The van der Waals surface area contributed by atoms with Crippen LogP contribution in [0.5, 0.6) is 0 Å². The molecule has 6 heteroatoms. The van der Waals surface area contributed by atoms with E-state index in [9.17, 15) is 4.57 Å². The molecule has 1 aromatic rings. The van der Waals surface area contributed by atoms with Crippen molar-refractivity contribution in [3.8, 4) is 0 Å². The lowest BCUT2D eigenvalue weighted by Crippen LogP contribution is -2.24. The average Bonchev–Trinajstić information content (AvgIpc) is 2.99. The van der Waals surface area contributed by atoms with Gasteiger partial charge in [0.25, 0.3) is 0 Å². The Kier molecular flexibility index (Phi) is 6.45. The summed E-state index contributed by atoms with van der Waals surface area (Å²) in [5.41, 5.74) is 1.87. The highest BCUT2D eigenvalue weighted by molar-refractivity contribution is 9.10. The molecule has 1 aliphatic rings. The van der Waals surface area contributed by atoms with Gasteiger partial charge in [-0.1, -0.05) is 40.2 Å². The number of anilines is 1. The third kappa shape index (κ3) is 4.32. The van der Waals surface area contributed by atoms with E-state index in [-0.39, 0.29) is 0 Å². The lowest BCUT2D eigenvalue weighted by molar-refractivity contribution is 0.216.